The lowest BCUT2D eigenvalue weighted by atomic mass is 9.80. The Labute approximate surface area is 71.7 Å². The van der Waals surface area contributed by atoms with Crippen molar-refractivity contribution in [2.75, 3.05) is 0 Å². The van der Waals surface area contributed by atoms with Gasteiger partial charge in [0.2, 0.25) is 0 Å². The second-order valence-corrected chi connectivity index (χ2v) is 3.29. The molecule has 12 heavy (non-hydrogen) atoms. The molecular formula is C9H14O3. The van der Waals surface area contributed by atoms with E-state index in [0.29, 0.717) is 12.8 Å². The summed E-state index contributed by atoms with van der Waals surface area (Å²) in [4.78, 5) is 10.7. The molecule has 0 aromatic rings. The van der Waals surface area contributed by atoms with Gasteiger partial charge in [0, 0.05) is 5.92 Å². The predicted molar refractivity (Wildman–Crippen MR) is 44.7 cm³/mol. The van der Waals surface area contributed by atoms with E-state index in [-0.39, 0.29) is 5.92 Å². The van der Waals surface area contributed by atoms with Crippen LogP contribution in [0.1, 0.15) is 19.8 Å². The third-order valence-corrected chi connectivity index (χ3v) is 2.42. The molecule has 0 saturated heterocycles. The maximum atomic E-state index is 10.7. The van der Waals surface area contributed by atoms with Crippen molar-refractivity contribution in [1.29, 1.82) is 0 Å². The van der Waals surface area contributed by atoms with E-state index in [2.05, 4.69) is 0 Å². The minimum absolute atomic E-state index is 0.118. The van der Waals surface area contributed by atoms with Gasteiger partial charge in [-0.05, 0) is 19.8 Å². The summed E-state index contributed by atoms with van der Waals surface area (Å²) in [6.45, 7) is 1.65. The maximum Gasteiger partial charge on any atom is 0.307 e. The number of carboxylic acid groups (broad SMARTS) is 1. The lowest BCUT2D eigenvalue weighted by molar-refractivity contribution is -0.145. The van der Waals surface area contributed by atoms with Gasteiger partial charge in [-0.1, -0.05) is 12.2 Å². The fourth-order valence-corrected chi connectivity index (χ4v) is 1.65. The summed E-state index contributed by atoms with van der Waals surface area (Å²) in [6, 6.07) is 0. The van der Waals surface area contributed by atoms with Gasteiger partial charge < -0.3 is 10.2 Å². The lowest BCUT2D eigenvalue weighted by Gasteiger charge is -2.27. The van der Waals surface area contributed by atoms with Crippen LogP contribution in [0, 0.1) is 11.8 Å². The minimum Gasteiger partial charge on any atom is -0.481 e. The van der Waals surface area contributed by atoms with Crippen LogP contribution in [-0.2, 0) is 4.79 Å². The molecule has 0 spiro atoms. The Morgan fingerprint density at radius 3 is 2.50 bits per heavy atom. The minimum atomic E-state index is -0.801. The van der Waals surface area contributed by atoms with Crippen molar-refractivity contribution in [1.82, 2.24) is 0 Å². The van der Waals surface area contributed by atoms with Crippen molar-refractivity contribution in [3.05, 3.63) is 12.2 Å². The molecular weight excluding hydrogens is 156 g/mol. The highest BCUT2D eigenvalue weighted by atomic mass is 16.4. The number of hydrogen-bond acceptors (Lipinski definition) is 2. The van der Waals surface area contributed by atoms with E-state index in [1.807, 2.05) is 12.2 Å². The molecule has 0 bridgehead atoms. The van der Waals surface area contributed by atoms with E-state index in [9.17, 15) is 9.90 Å². The molecule has 0 fully saturated rings. The molecule has 3 nitrogen and oxygen atoms in total. The van der Waals surface area contributed by atoms with Gasteiger partial charge in [-0.3, -0.25) is 4.79 Å². The average molecular weight is 170 g/mol. The van der Waals surface area contributed by atoms with Crippen LogP contribution in [0.15, 0.2) is 12.2 Å². The topological polar surface area (TPSA) is 57.5 Å². The molecule has 3 unspecified atom stereocenters. The van der Waals surface area contributed by atoms with Crippen LogP contribution in [0.5, 0.6) is 0 Å². The van der Waals surface area contributed by atoms with Gasteiger partial charge >= 0.3 is 5.97 Å². The quantitative estimate of drug-likeness (QED) is 0.608. The van der Waals surface area contributed by atoms with Crippen molar-refractivity contribution >= 4 is 5.97 Å². The molecule has 1 aliphatic carbocycles. The Balaban J connectivity index is 2.69. The molecule has 0 aliphatic heterocycles. The second kappa shape index (κ2) is 3.72. The zero-order chi connectivity index (χ0) is 9.14. The van der Waals surface area contributed by atoms with E-state index in [0.717, 1.165) is 0 Å². The third kappa shape index (κ3) is 1.85. The number of aliphatic hydroxyl groups is 1. The number of hydrogen-bond donors (Lipinski definition) is 2. The number of carbonyl (C=O) groups is 1. The summed E-state index contributed by atoms with van der Waals surface area (Å²) in [7, 11) is 0. The summed E-state index contributed by atoms with van der Waals surface area (Å²) >= 11 is 0. The predicted octanol–water partition coefficient (Wildman–Crippen LogP) is 1.03. The molecule has 2 N–H and O–H groups in total. The first-order chi connectivity index (χ1) is 5.63. The zero-order valence-corrected chi connectivity index (χ0v) is 7.10. The standard InChI is InChI=1S/C9H14O3/c1-6(10)7-4-2-3-5-8(7)9(11)12/h2-3,6-8,10H,4-5H2,1H3,(H,11,12). The number of allylic oxidation sites excluding steroid dienone is 2. The maximum absolute atomic E-state index is 10.7. The van der Waals surface area contributed by atoms with E-state index < -0.39 is 18.0 Å². The van der Waals surface area contributed by atoms with Gasteiger partial charge in [-0.15, -0.1) is 0 Å². The summed E-state index contributed by atoms with van der Waals surface area (Å²) in [6.07, 6.45) is 4.50. The highest BCUT2D eigenvalue weighted by molar-refractivity contribution is 5.71. The number of carboxylic acids is 1. The van der Waals surface area contributed by atoms with Gasteiger partial charge in [0.15, 0.2) is 0 Å². The highest BCUT2D eigenvalue weighted by Crippen LogP contribution is 2.28. The number of aliphatic hydroxyl groups excluding tert-OH is 1. The average Bonchev–Trinajstić information content (AvgIpc) is 2.04. The lowest BCUT2D eigenvalue weighted by Crippen LogP contribution is -2.32. The van der Waals surface area contributed by atoms with Crippen molar-refractivity contribution in [3.63, 3.8) is 0 Å². The Kier molecular flexibility index (Phi) is 2.87. The Bertz CT molecular complexity index is 196. The Morgan fingerprint density at radius 2 is 2.08 bits per heavy atom. The van der Waals surface area contributed by atoms with E-state index in [1.165, 1.54) is 0 Å². The van der Waals surface area contributed by atoms with Gasteiger partial charge in [0.1, 0.15) is 0 Å². The van der Waals surface area contributed by atoms with E-state index in [1.54, 1.807) is 6.92 Å². The monoisotopic (exact) mass is 170 g/mol. The molecule has 0 heterocycles. The fourth-order valence-electron chi connectivity index (χ4n) is 1.65. The fraction of sp³-hybridized carbons (Fsp3) is 0.667. The number of rotatable bonds is 2. The summed E-state index contributed by atoms with van der Waals surface area (Å²) in [5, 5.41) is 18.1. The molecule has 68 valence electrons. The molecule has 0 aromatic heterocycles. The van der Waals surface area contributed by atoms with Crippen LogP contribution >= 0.6 is 0 Å². The van der Waals surface area contributed by atoms with E-state index >= 15 is 0 Å². The molecule has 0 aromatic carbocycles. The van der Waals surface area contributed by atoms with Gasteiger partial charge in [0.25, 0.3) is 0 Å². The van der Waals surface area contributed by atoms with Crippen molar-refractivity contribution < 1.29 is 15.0 Å². The van der Waals surface area contributed by atoms with Crippen LogP contribution in [0.25, 0.3) is 0 Å². The molecule has 0 amide bonds. The van der Waals surface area contributed by atoms with Crippen LogP contribution in [0.2, 0.25) is 0 Å². The molecule has 1 aliphatic rings. The molecule has 3 atom stereocenters. The first-order valence-electron chi connectivity index (χ1n) is 4.18. The van der Waals surface area contributed by atoms with Gasteiger partial charge in [0.05, 0.1) is 12.0 Å². The molecule has 0 saturated carbocycles. The first kappa shape index (κ1) is 9.26. The summed E-state index contributed by atoms with van der Waals surface area (Å²) in [5.41, 5.74) is 0. The van der Waals surface area contributed by atoms with Gasteiger partial charge in [-0.2, -0.15) is 0 Å². The smallest absolute Gasteiger partial charge is 0.307 e. The number of aliphatic carboxylic acids is 1. The molecule has 3 heteroatoms. The molecule has 1 rings (SSSR count). The SMILES string of the molecule is CC(O)C1CC=CCC1C(=O)O. The van der Waals surface area contributed by atoms with Crippen molar-refractivity contribution in [3.8, 4) is 0 Å². The van der Waals surface area contributed by atoms with Crippen LogP contribution in [0.4, 0.5) is 0 Å². The highest BCUT2D eigenvalue weighted by Gasteiger charge is 2.31. The van der Waals surface area contributed by atoms with E-state index in [4.69, 9.17) is 5.11 Å². The van der Waals surface area contributed by atoms with Crippen molar-refractivity contribution in [2.24, 2.45) is 11.8 Å². The normalized spacial score (nSPS) is 31.5. The molecule has 0 radical (unpaired) electrons. The van der Waals surface area contributed by atoms with Gasteiger partial charge in [-0.25, -0.2) is 0 Å². The van der Waals surface area contributed by atoms with Crippen LogP contribution in [0.3, 0.4) is 0 Å². The largest absolute Gasteiger partial charge is 0.481 e. The second-order valence-electron chi connectivity index (χ2n) is 3.29. The van der Waals surface area contributed by atoms with Crippen LogP contribution < -0.4 is 0 Å². The van der Waals surface area contributed by atoms with Crippen molar-refractivity contribution in [2.45, 2.75) is 25.9 Å². The zero-order valence-electron chi connectivity index (χ0n) is 7.10. The van der Waals surface area contributed by atoms with Crippen LogP contribution in [-0.4, -0.2) is 22.3 Å². The summed E-state index contributed by atoms with van der Waals surface area (Å²) in [5.74, 6) is -1.33. The Morgan fingerprint density at radius 1 is 1.50 bits per heavy atom. The third-order valence-electron chi connectivity index (χ3n) is 2.42. The summed E-state index contributed by atoms with van der Waals surface area (Å²) < 4.78 is 0. The Hall–Kier alpha value is -0.830. The first-order valence-corrected chi connectivity index (χ1v) is 4.18.